The molecule has 98 valence electrons. The van der Waals surface area contributed by atoms with E-state index in [4.69, 9.17) is 16.5 Å². The molecule has 0 aliphatic carbocycles. The van der Waals surface area contributed by atoms with E-state index in [1.165, 1.54) is 0 Å². The van der Waals surface area contributed by atoms with Crippen molar-refractivity contribution in [2.45, 2.75) is 45.8 Å². The fourth-order valence-electron chi connectivity index (χ4n) is 1.21. The Morgan fingerprint density at radius 3 is 1.62 bits per heavy atom. The maximum atomic E-state index is 6.13. The maximum Gasteiger partial charge on any atom is 0.635 e. The summed E-state index contributed by atoms with van der Waals surface area (Å²) in [5, 5.41) is 0. The molecule has 0 aliphatic rings. The fourth-order valence-corrected chi connectivity index (χ4v) is 14.4. The lowest BCUT2D eigenvalue weighted by Gasteiger charge is -2.35. The molecule has 0 spiro atoms. The van der Waals surface area contributed by atoms with Crippen molar-refractivity contribution in [2.75, 3.05) is 0 Å². The van der Waals surface area contributed by atoms with Gasteiger partial charge in [0.1, 0.15) is 0 Å². The van der Waals surface area contributed by atoms with Crippen molar-refractivity contribution in [1.82, 2.24) is 0 Å². The quantitative estimate of drug-likeness (QED) is 0.614. The zero-order valence-corrected chi connectivity index (χ0v) is 17.6. The van der Waals surface area contributed by atoms with Crippen LogP contribution in [0.15, 0.2) is 0 Å². The van der Waals surface area contributed by atoms with E-state index in [1.807, 2.05) is 0 Å². The Bertz CT molecular complexity index is 190. The normalized spacial score (nSPS) is 18.0. The molecular weight excluding hydrogens is 289 g/mol. The Morgan fingerprint density at radius 2 is 1.38 bits per heavy atom. The highest BCUT2D eigenvalue weighted by molar-refractivity contribution is 6.82. The number of hydrogen-bond donors (Lipinski definition) is 0. The molecule has 0 rings (SSSR count). The minimum Gasteiger partial charge on any atom is -0.402 e. The molecule has 0 amide bonds. The molecule has 0 bridgehead atoms. The van der Waals surface area contributed by atoms with E-state index in [9.17, 15) is 0 Å². The zero-order valence-electron chi connectivity index (χ0n) is 11.6. The lowest BCUT2D eigenvalue weighted by Crippen LogP contribution is -2.57. The molecule has 0 saturated carbocycles. The van der Waals surface area contributed by atoms with Gasteiger partial charge in [-0.2, -0.15) is 0 Å². The molecule has 0 radical (unpaired) electrons. The Hall–Kier alpha value is 0.924. The molecule has 0 aromatic heterocycles. The maximum absolute atomic E-state index is 6.13. The van der Waals surface area contributed by atoms with Crippen LogP contribution in [-0.2, 0) is 16.5 Å². The van der Waals surface area contributed by atoms with Crippen LogP contribution in [0, 0.1) is 0 Å². The topological polar surface area (TPSA) is 36.9 Å². The van der Waals surface area contributed by atoms with Crippen LogP contribution in [-0.4, -0.2) is 45.9 Å². The summed E-state index contributed by atoms with van der Waals surface area (Å²) in [4.78, 5) is 0. The predicted molar refractivity (Wildman–Crippen MR) is 81.1 cm³/mol. The Labute approximate surface area is 108 Å². The van der Waals surface area contributed by atoms with Gasteiger partial charge in [-0.05, 0) is 32.7 Å². The van der Waals surface area contributed by atoms with Gasteiger partial charge in [-0.3, -0.25) is 0 Å². The Kier molecular flexibility index (Phi) is 7.81. The van der Waals surface area contributed by atoms with Crippen molar-refractivity contribution < 1.29 is 16.5 Å². The SMILES string of the molecule is C[SiH2]O[Si](O[SiH2]C)(O[SiH](C)C)O[Si](C)(C)C. The second-order valence-electron chi connectivity index (χ2n) is 4.75. The van der Waals surface area contributed by atoms with Crippen LogP contribution in [0.4, 0.5) is 0 Å². The van der Waals surface area contributed by atoms with Crippen molar-refractivity contribution in [3.63, 3.8) is 0 Å². The standard InChI is InChI=1S/C7H26O4Si5/c1-12-8-16(9-13-2,10-14(3)4)11-15(5,6)7/h14H,12-13H2,1-7H3. The summed E-state index contributed by atoms with van der Waals surface area (Å²) >= 11 is 0. The minimum absolute atomic E-state index is 0.569. The molecule has 0 fully saturated rings. The predicted octanol–water partition coefficient (Wildman–Crippen LogP) is 0.570. The van der Waals surface area contributed by atoms with Gasteiger partial charge in [-0.15, -0.1) is 0 Å². The van der Waals surface area contributed by atoms with Crippen molar-refractivity contribution in [3.8, 4) is 0 Å². The van der Waals surface area contributed by atoms with Gasteiger partial charge >= 0.3 is 9.05 Å². The van der Waals surface area contributed by atoms with E-state index in [-0.39, 0.29) is 0 Å². The van der Waals surface area contributed by atoms with E-state index in [0.29, 0.717) is 0 Å². The van der Waals surface area contributed by atoms with Crippen LogP contribution < -0.4 is 0 Å². The number of rotatable bonds is 8. The summed E-state index contributed by atoms with van der Waals surface area (Å²) in [6, 6.07) is 0. The zero-order chi connectivity index (χ0) is 12.8. The second-order valence-corrected chi connectivity index (χ2v) is 17.3. The van der Waals surface area contributed by atoms with Crippen molar-refractivity contribution in [3.05, 3.63) is 0 Å². The van der Waals surface area contributed by atoms with Crippen molar-refractivity contribution in [2.24, 2.45) is 0 Å². The van der Waals surface area contributed by atoms with Gasteiger partial charge < -0.3 is 16.5 Å². The van der Waals surface area contributed by atoms with Crippen LogP contribution >= 0.6 is 0 Å². The second kappa shape index (κ2) is 7.38. The third kappa shape index (κ3) is 7.29. The molecule has 4 nitrogen and oxygen atoms in total. The highest BCUT2D eigenvalue weighted by atomic mass is 28.5. The molecule has 0 aromatic carbocycles. The highest BCUT2D eigenvalue weighted by Gasteiger charge is 2.47. The molecule has 0 atom stereocenters. The first-order valence-corrected chi connectivity index (χ1v) is 17.7. The molecular formula is C7H26O4Si5. The summed E-state index contributed by atoms with van der Waals surface area (Å²) in [6.07, 6.45) is 0. The average Bonchev–Trinajstić information content (AvgIpc) is 1.98. The van der Waals surface area contributed by atoms with Gasteiger partial charge in [0.25, 0.3) is 0 Å². The first-order chi connectivity index (χ1) is 7.24. The van der Waals surface area contributed by atoms with E-state index < -0.39 is 45.9 Å². The van der Waals surface area contributed by atoms with Gasteiger partial charge in [-0.25, -0.2) is 0 Å². The monoisotopic (exact) mass is 314 g/mol. The highest BCUT2D eigenvalue weighted by Crippen LogP contribution is 2.18. The van der Waals surface area contributed by atoms with Gasteiger partial charge in [0, 0.05) is 0 Å². The molecule has 0 unspecified atom stereocenters. The summed E-state index contributed by atoms with van der Waals surface area (Å²) in [6.45, 7) is 14.9. The first-order valence-electron chi connectivity index (χ1n) is 5.90. The largest absolute Gasteiger partial charge is 0.635 e. The van der Waals surface area contributed by atoms with Crippen LogP contribution in [0.1, 0.15) is 0 Å². The smallest absolute Gasteiger partial charge is 0.402 e. The van der Waals surface area contributed by atoms with Crippen molar-refractivity contribution >= 4 is 45.9 Å². The summed E-state index contributed by atoms with van der Waals surface area (Å²) in [5.74, 6) is 0. The third-order valence-corrected chi connectivity index (χ3v) is 13.1. The van der Waals surface area contributed by atoms with Gasteiger partial charge in [0.05, 0.1) is 0 Å². The third-order valence-electron chi connectivity index (χ3n) is 1.45. The Balaban J connectivity index is 4.77. The minimum atomic E-state index is -2.75. The number of hydrogen-bond acceptors (Lipinski definition) is 4. The average molecular weight is 315 g/mol. The molecule has 0 saturated heterocycles. The van der Waals surface area contributed by atoms with Crippen LogP contribution in [0.25, 0.3) is 0 Å². The summed E-state index contributed by atoms with van der Waals surface area (Å²) in [5.41, 5.74) is 0. The van der Waals surface area contributed by atoms with Gasteiger partial charge in [0.15, 0.2) is 36.9 Å². The molecule has 0 aliphatic heterocycles. The van der Waals surface area contributed by atoms with Crippen LogP contribution in [0.3, 0.4) is 0 Å². The van der Waals surface area contributed by atoms with Crippen molar-refractivity contribution in [1.29, 1.82) is 0 Å². The summed E-state index contributed by atoms with van der Waals surface area (Å²) in [7, 11) is -6.76. The first kappa shape index (κ1) is 16.9. The van der Waals surface area contributed by atoms with Crippen LogP contribution in [0.2, 0.25) is 45.8 Å². The molecule has 0 aromatic rings. The molecule has 16 heavy (non-hydrogen) atoms. The molecule has 9 heteroatoms. The van der Waals surface area contributed by atoms with E-state index >= 15 is 0 Å². The lowest BCUT2D eigenvalue weighted by molar-refractivity contribution is 0.167. The lowest BCUT2D eigenvalue weighted by atomic mass is 11.8. The van der Waals surface area contributed by atoms with Crippen LogP contribution in [0.5, 0.6) is 0 Å². The molecule has 0 N–H and O–H groups in total. The van der Waals surface area contributed by atoms with E-state index in [0.717, 1.165) is 0 Å². The fraction of sp³-hybridized carbons (Fsp3) is 1.00. The van der Waals surface area contributed by atoms with Gasteiger partial charge in [-0.1, -0.05) is 13.1 Å². The van der Waals surface area contributed by atoms with E-state index in [2.05, 4.69) is 45.8 Å². The summed E-state index contributed by atoms with van der Waals surface area (Å²) < 4.78 is 23.9. The Morgan fingerprint density at radius 1 is 0.938 bits per heavy atom. The van der Waals surface area contributed by atoms with E-state index in [1.54, 1.807) is 0 Å². The molecule has 0 heterocycles. The van der Waals surface area contributed by atoms with Gasteiger partial charge in [0.2, 0.25) is 0 Å².